The summed E-state index contributed by atoms with van der Waals surface area (Å²) >= 11 is 0. The van der Waals surface area contributed by atoms with Crippen molar-refractivity contribution in [1.29, 1.82) is 0 Å². The van der Waals surface area contributed by atoms with Gasteiger partial charge in [-0.05, 0) is 49.2 Å². The first-order valence-electron chi connectivity index (χ1n) is 11.4. The second kappa shape index (κ2) is 9.24. The quantitative estimate of drug-likeness (QED) is 0.569. The van der Waals surface area contributed by atoms with Gasteiger partial charge >= 0.3 is 0 Å². The average molecular weight is 447 g/mol. The number of likely N-dealkylation sites (tertiary alicyclic amines) is 1. The Bertz CT molecular complexity index is 1110. The van der Waals surface area contributed by atoms with Crippen molar-refractivity contribution in [3.63, 3.8) is 0 Å². The standard InChI is InChI=1S/C27H27FN2O3/c28-23-11-5-7-13-25(23)33-21-18-27(32-19-21)14-16-30(17-15-27)26(31)22-10-4-6-12-24(22)29-20-8-2-1-3-9-20/h1-13,21,29H,14-19H2/t21-/m1/s1. The highest BCUT2D eigenvalue weighted by molar-refractivity contribution is 6.00. The van der Waals surface area contributed by atoms with Crippen molar-refractivity contribution >= 4 is 17.3 Å². The molecule has 0 aliphatic carbocycles. The van der Waals surface area contributed by atoms with E-state index in [1.165, 1.54) is 6.07 Å². The molecular weight excluding hydrogens is 419 g/mol. The van der Waals surface area contributed by atoms with Crippen molar-refractivity contribution in [2.45, 2.75) is 31.0 Å². The van der Waals surface area contributed by atoms with Crippen molar-refractivity contribution in [3.8, 4) is 5.75 Å². The first-order chi connectivity index (χ1) is 16.1. The molecule has 2 heterocycles. The van der Waals surface area contributed by atoms with Crippen molar-refractivity contribution in [3.05, 3.63) is 90.2 Å². The van der Waals surface area contributed by atoms with E-state index in [2.05, 4.69) is 5.32 Å². The number of para-hydroxylation sites is 3. The molecule has 6 heteroatoms. The number of carbonyl (C=O) groups is 1. The molecule has 5 nitrogen and oxygen atoms in total. The molecule has 2 aliphatic rings. The lowest BCUT2D eigenvalue weighted by molar-refractivity contribution is -0.0395. The van der Waals surface area contributed by atoms with E-state index in [0.717, 1.165) is 24.2 Å². The zero-order valence-electron chi connectivity index (χ0n) is 18.4. The number of nitrogens with zero attached hydrogens (tertiary/aromatic N) is 1. The number of piperidine rings is 1. The first kappa shape index (κ1) is 21.5. The number of amides is 1. The molecular formula is C27H27FN2O3. The van der Waals surface area contributed by atoms with Gasteiger partial charge in [0.05, 0.1) is 23.5 Å². The van der Waals surface area contributed by atoms with Crippen LogP contribution in [0.3, 0.4) is 0 Å². The Morgan fingerprint density at radius 3 is 2.45 bits per heavy atom. The summed E-state index contributed by atoms with van der Waals surface area (Å²) in [6, 6.07) is 23.9. The highest BCUT2D eigenvalue weighted by atomic mass is 19.1. The summed E-state index contributed by atoms with van der Waals surface area (Å²) in [6.07, 6.45) is 2.00. The van der Waals surface area contributed by atoms with Crippen LogP contribution in [0.25, 0.3) is 0 Å². The number of nitrogens with one attached hydrogen (secondary N) is 1. The van der Waals surface area contributed by atoms with E-state index in [4.69, 9.17) is 9.47 Å². The zero-order valence-corrected chi connectivity index (χ0v) is 18.4. The number of anilines is 2. The predicted octanol–water partition coefficient (Wildman–Crippen LogP) is 5.41. The molecule has 1 spiro atoms. The number of benzene rings is 3. The number of rotatable bonds is 5. The molecule has 0 aromatic heterocycles. The van der Waals surface area contributed by atoms with E-state index in [1.54, 1.807) is 18.2 Å². The monoisotopic (exact) mass is 446 g/mol. The molecule has 33 heavy (non-hydrogen) atoms. The summed E-state index contributed by atoms with van der Waals surface area (Å²) in [7, 11) is 0. The normalized spacial score (nSPS) is 19.4. The van der Waals surface area contributed by atoms with Gasteiger partial charge in [-0.2, -0.15) is 0 Å². The van der Waals surface area contributed by atoms with Crippen LogP contribution in [0.15, 0.2) is 78.9 Å². The maximum Gasteiger partial charge on any atom is 0.255 e. The third-order valence-corrected chi connectivity index (χ3v) is 6.48. The molecule has 5 rings (SSSR count). The van der Waals surface area contributed by atoms with Crippen molar-refractivity contribution < 1.29 is 18.7 Å². The molecule has 0 saturated carbocycles. The molecule has 2 saturated heterocycles. The summed E-state index contributed by atoms with van der Waals surface area (Å²) in [6.45, 7) is 1.67. The molecule has 0 bridgehead atoms. The second-order valence-corrected chi connectivity index (χ2v) is 8.70. The Labute approximate surface area is 193 Å². The van der Waals surface area contributed by atoms with Gasteiger partial charge in [-0.25, -0.2) is 4.39 Å². The van der Waals surface area contributed by atoms with Gasteiger partial charge in [-0.15, -0.1) is 0 Å². The van der Waals surface area contributed by atoms with Gasteiger partial charge in [0.15, 0.2) is 11.6 Å². The fraction of sp³-hybridized carbons (Fsp3) is 0.296. The minimum atomic E-state index is -0.360. The lowest BCUT2D eigenvalue weighted by Gasteiger charge is -2.38. The first-order valence-corrected chi connectivity index (χ1v) is 11.4. The van der Waals surface area contributed by atoms with Crippen LogP contribution >= 0.6 is 0 Å². The van der Waals surface area contributed by atoms with Crippen molar-refractivity contribution in [2.75, 3.05) is 25.0 Å². The molecule has 2 aliphatic heterocycles. The molecule has 0 radical (unpaired) electrons. The highest BCUT2D eigenvalue weighted by Crippen LogP contribution is 2.38. The van der Waals surface area contributed by atoms with Crippen molar-refractivity contribution in [1.82, 2.24) is 4.90 Å². The summed E-state index contributed by atoms with van der Waals surface area (Å²) in [4.78, 5) is 15.2. The third kappa shape index (κ3) is 4.71. The fourth-order valence-corrected chi connectivity index (χ4v) is 4.69. The maximum absolute atomic E-state index is 13.9. The second-order valence-electron chi connectivity index (χ2n) is 8.70. The van der Waals surface area contributed by atoms with Crippen LogP contribution in [-0.4, -0.2) is 42.2 Å². The summed E-state index contributed by atoms with van der Waals surface area (Å²) in [5, 5.41) is 3.36. The number of ether oxygens (including phenoxy) is 2. The van der Waals surface area contributed by atoms with Crippen LogP contribution in [0, 0.1) is 5.82 Å². The average Bonchev–Trinajstić information content (AvgIpc) is 3.23. The number of hydrogen-bond acceptors (Lipinski definition) is 4. The zero-order chi connectivity index (χ0) is 22.7. The van der Waals surface area contributed by atoms with Crippen LogP contribution in [0.2, 0.25) is 0 Å². The lowest BCUT2D eigenvalue weighted by atomic mass is 9.87. The summed E-state index contributed by atoms with van der Waals surface area (Å²) in [5.74, 6) is -0.0824. The number of halogens is 1. The third-order valence-electron chi connectivity index (χ3n) is 6.48. The van der Waals surface area contributed by atoms with Gasteiger partial charge in [0.2, 0.25) is 0 Å². The van der Waals surface area contributed by atoms with E-state index in [-0.39, 0.29) is 29.2 Å². The molecule has 3 aromatic rings. The Hall–Kier alpha value is -3.38. The van der Waals surface area contributed by atoms with Gasteiger partial charge in [-0.1, -0.05) is 42.5 Å². The minimum Gasteiger partial charge on any atom is -0.485 e. The minimum absolute atomic E-state index is 0.0148. The lowest BCUT2D eigenvalue weighted by Crippen LogP contribution is -2.46. The van der Waals surface area contributed by atoms with Crippen LogP contribution < -0.4 is 10.1 Å². The van der Waals surface area contributed by atoms with Crippen LogP contribution in [0.1, 0.15) is 29.6 Å². The fourth-order valence-electron chi connectivity index (χ4n) is 4.69. The van der Waals surface area contributed by atoms with Crippen LogP contribution in [0.4, 0.5) is 15.8 Å². The van der Waals surface area contributed by atoms with E-state index in [9.17, 15) is 9.18 Å². The number of carbonyl (C=O) groups excluding carboxylic acids is 1. The number of hydrogen-bond donors (Lipinski definition) is 1. The molecule has 0 unspecified atom stereocenters. The van der Waals surface area contributed by atoms with E-state index in [1.807, 2.05) is 59.5 Å². The SMILES string of the molecule is O=C(c1ccccc1Nc1ccccc1)N1CCC2(CC1)C[C@@H](Oc1ccccc1F)CO2. The molecule has 1 amide bonds. The van der Waals surface area contributed by atoms with Gasteiger partial charge in [0.1, 0.15) is 6.10 Å². The van der Waals surface area contributed by atoms with Crippen LogP contribution in [0.5, 0.6) is 5.75 Å². The van der Waals surface area contributed by atoms with E-state index < -0.39 is 0 Å². The van der Waals surface area contributed by atoms with Gasteiger partial charge < -0.3 is 19.7 Å². The van der Waals surface area contributed by atoms with Crippen molar-refractivity contribution in [2.24, 2.45) is 0 Å². The predicted molar refractivity (Wildman–Crippen MR) is 125 cm³/mol. The Morgan fingerprint density at radius 1 is 0.970 bits per heavy atom. The Balaban J connectivity index is 1.21. The van der Waals surface area contributed by atoms with Gasteiger partial charge in [0, 0.05) is 25.2 Å². The Kier molecular flexibility index (Phi) is 6.01. The topological polar surface area (TPSA) is 50.8 Å². The summed E-state index contributed by atoms with van der Waals surface area (Å²) in [5.41, 5.74) is 2.08. The summed E-state index contributed by atoms with van der Waals surface area (Å²) < 4.78 is 25.9. The largest absolute Gasteiger partial charge is 0.485 e. The maximum atomic E-state index is 13.9. The van der Waals surface area contributed by atoms with Gasteiger partial charge in [0.25, 0.3) is 5.91 Å². The Morgan fingerprint density at radius 2 is 1.67 bits per heavy atom. The van der Waals surface area contributed by atoms with E-state index >= 15 is 0 Å². The smallest absolute Gasteiger partial charge is 0.255 e. The molecule has 2 fully saturated rings. The molecule has 1 N–H and O–H groups in total. The highest BCUT2D eigenvalue weighted by Gasteiger charge is 2.44. The van der Waals surface area contributed by atoms with Gasteiger partial charge in [-0.3, -0.25) is 4.79 Å². The molecule has 1 atom stereocenters. The van der Waals surface area contributed by atoms with Crippen LogP contribution in [-0.2, 0) is 4.74 Å². The molecule has 170 valence electrons. The molecule has 3 aromatic carbocycles. The van der Waals surface area contributed by atoms with E-state index in [0.29, 0.717) is 31.7 Å².